The summed E-state index contributed by atoms with van der Waals surface area (Å²) in [4.78, 5) is 21.6. The summed E-state index contributed by atoms with van der Waals surface area (Å²) in [5.41, 5.74) is 2.24. The molecule has 5 rings (SSSR count). The molecule has 10 heteroatoms. The SMILES string of the molecule is O=C(O)c1ccc(O)cc1.O=C1CCc2cc(OCCCCc3nnnn3C3CCCCC3)ccc2N1. The fourth-order valence-electron chi connectivity index (χ4n) is 4.61. The number of hydrogen-bond donors (Lipinski definition) is 3. The maximum Gasteiger partial charge on any atom is 0.335 e. The minimum Gasteiger partial charge on any atom is -0.508 e. The highest BCUT2D eigenvalue weighted by atomic mass is 16.5. The van der Waals surface area contributed by atoms with E-state index < -0.39 is 5.97 Å². The molecule has 3 aromatic rings. The van der Waals surface area contributed by atoms with E-state index in [2.05, 4.69) is 25.5 Å². The van der Waals surface area contributed by atoms with E-state index in [9.17, 15) is 9.59 Å². The van der Waals surface area contributed by atoms with Gasteiger partial charge in [-0.2, -0.15) is 0 Å². The number of rotatable bonds is 8. The Morgan fingerprint density at radius 3 is 2.59 bits per heavy atom. The normalized spacial score (nSPS) is 15.2. The first-order valence-electron chi connectivity index (χ1n) is 12.8. The highest BCUT2D eigenvalue weighted by molar-refractivity contribution is 5.94. The number of hydrogen-bond acceptors (Lipinski definition) is 7. The topological polar surface area (TPSA) is 139 Å². The molecular weight excluding hydrogens is 474 g/mol. The average molecular weight is 508 g/mol. The molecule has 1 fully saturated rings. The van der Waals surface area contributed by atoms with Crippen LogP contribution < -0.4 is 10.1 Å². The lowest BCUT2D eigenvalue weighted by molar-refractivity contribution is -0.116. The number of ether oxygens (including phenoxy) is 1. The molecule has 10 nitrogen and oxygen atoms in total. The summed E-state index contributed by atoms with van der Waals surface area (Å²) in [6, 6.07) is 11.7. The molecule has 2 heterocycles. The highest BCUT2D eigenvalue weighted by Gasteiger charge is 2.19. The van der Waals surface area contributed by atoms with Crippen molar-refractivity contribution in [3.8, 4) is 11.5 Å². The first-order chi connectivity index (χ1) is 18.0. The van der Waals surface area contributed by atoms with E-state index in [4.69, 9.17) is 14.9 Å². The van der Waals surface area contributed by atoms with Crippen molar-refractivity contribution >= 4 is 17.6 Å². The number of carbonyl (C=O) groups is 2. The standard InChI is InChI=1S/C20H27N5O2.C7H6O3/c26-20-12-9-15-14-17(10-11-18(15)21-20)27-13-5-4-8-19-22-23-24-25(19)16-6-2-1-3-7-16;8-6-3-1-5(2-4-6)7(9)10/h10-11,14,16H,1-9,12-13H2,(H,21,26);1-4,8H,(H,9,10). The number of anilines is 1. The number of carbonyl (C=O) groups excluding carboxylic acids is 1. The Bertz CT molecular complexity index is 1190. The summed E-state index contributed by atoms with van der Waals surface area (Å²) in [6.45, 7) is 0.677. The number of aromatic carboxylic acids is 1. The van der Waals surface area contributed by atoms with E-state index >= 15 is 0 Å². The van der Waals surface area contributed by atoms with Crippen LogP contribution in [-0.2, 0) is 17.6 Å². The summed E-state index contributed by atoms with van der Waals surface area (Å²) >= 11 is 0. The van der Waals surface area contributed by atoms with Gasteiger partial charge in [-0.05, 0) is 90.6 Å². The van der Waals surface area contributed by atoms with Crippen LogP contribution in [0.5, 0.6) is 11.5 Å². The molecule has 0 radical (unpaired) electrons. The molecule has 196 valence electrons. The zero-order chi connectivity index (χ0) is 26.0. The van der Waals surface area contributed by atoms with E-state index in [-0.39, 0.29) is 17.2 Å². The van der Waals surface area contributed by atoms with Crippen molar-refractivity contribution in [1.82, 2.24) is 20.2 Å². The van der Waals surface area contributed by atoms with E-state index in [1.165, 1.54) is 56.4 Å². The third kappa shape index (κ3) is 7.52. The van der Waals surface area contributed by atoms with E-state index in [1.807, 2.05) is 18.2 Å². The fraction of sp³-hybridized carbons (Fsp3) is 0.444. The Labute approximate surface area is 215 Å². The molecule has 37 heavy (non-hydrogen) atoms. The molecular formula is C27H33N5O5. The number of phenols is 1. The van der Waals surface area contributed by atoms with Gasteiger partial charge in [-0.25, -0.2) is 9.48 Å². The number of aromatic hydroxyl groups is 1. The highest BCUT2D eigenvalue weighted by Crippen LogP contribution is 2.28. The number of benzene rings is 2. The average Bonchev–Trinajstić information content (AvgIpc) is 3.38. The summed E-state index contributed by atoms with van der Waals surface area (Å²) < 4.78 is 7.95. The number of tetrazole rings is 1. The molecule has 0 unspecified atom stereocenters. The van der Waals surface area contributed by atoms with Crippen LogP contribution in [0.3, 0.4) is 0 Å². The lowest BCUT2D eigenvalue weighted by Crippen LogP contribution is -2.18. The lowest BCUT2D eigenvalue weighted by Gasteiger charge is -2.22. The Hall–Kier alpha value is -3.95. The number of phenolic OH excluding ortho intramolecular Hbond substituents is 1. The maximum absolute atomic E-state index is 11.4. The first-order valence-corrected chi connectivity index (χ1v) is 12.8. The van der Waals surface area contributed by atoms with Crippen molar-refractivity contribution in [2.24, 2.45) is 0 Å². The quantitative estimate of drug-likeness (QED) is 0.377. The smallest absolute Gasteiger partial charge is 0.335 e. The molecule has 2 aromatic carbocycles. The van der Waals surface area contributed by atoms with Gasteiger partial charge in [-0.1, -0.05) is 19.3 Å². The van der Waals surface area contributed by atoms with Crippen LogP contribution in [0.2, 0.25) is 0 Å². The summed E-state index contributed by atoms with van der Waals surface area (Å²) in [7, 11) is 0. The van der Waals surface area contributed by atoms with Crippen LogP contribution in [0.15, 0.2) is 42.5 Å². The monoisotopic (exact) mass is 507 g/mol. The minimum atomic E-state index is -0.986. The number of nitrogens with zero attached hydrogens (tertiary/aromatic N) is 4. The van der Waals surface area contributed by atoms with Gasteiger partial charge in [0.2, 0.25) is 5.91 Å². The van der Waals surface area contributed by atoms with Gasteiger partial charge in [0.15, 0.2) is 5.82 Å². The van der Waals surface area contributed by atoms with Crippen LogP contribution >= 0.6 is 0 Å². The number of fused-ring (bicyclic) bond motifs is 1. The zero-order valence-corrected chi connectivity index (χ0v) is 20.8. The van der Waals surface area contributed by atoms with Gasteiger partial charge in [0.05, 0.1) is 18.2 Å². The largest absolute Gasteiger partial charge is 0.508 e. The van der Waals surface area contributed by atoms with Gasteiger partial charge in [-0.3, -0.25) is 4.79 Å². The van der Waals surface area contributed by atoms with Crippen molar-refractivity contribution in [2.45, 2.75) is 70.3 Å². The van der Waals surface area contributed by atoms with Crippen LogP contribution in [0.25, 0.3) is 0 Å². The van der Waals surface area contributed by atoms with E-state index in [0.717, 1.165) is 48.5 Å². The molecule has 0 spiro atoms. The number of unbranched alkanes of at least 4 members (excludes halogenated alkanes) is 1. The number of carboxylic acids is 1. The van der Waals surface area contributed by atoms with Gasteiger partial charge < -0.3 is 20.3 Å². The van der Waals surface area contributed by atoms with Gasteiger partial charge >= 0.3 is 5.97 Å². The van der Waals surface area contributed by atoms with Crippen molar-refractivity contribution in [3.63, 3.8) is 0 Å². The molecule has 0 bridgehead atoms. The van der Waals surface area contributed by atoms with Gasteiger partial charge in [0.25, 0.3) is 0 Å². The molecule has 1 aromatic heterocycles. The number of amides is 1. The van der Waals surface area contributed by atoms with E-state index in [1.54, 1.807) is 0 Å². The van der Waals surface area contributed by atoms with Crippen LogP contribution in [-0.4, -0.2) is 48.9 Å². The summed E-state index contributed by atoms with van der Waals surface area (Å²) in [5, 5.41) is 32.4. The van der Waals surface area contributed by atoms with Crippen molar-refractivity contribution in [1.29, 1.82) is 0 Å². The second-order valence-electron chi connectivity index (χ2n) is 9.36. The van der Waals surface area contributed by atoms with Crippen molar-refractivity contribution in [3.05, 3.63) is 59.4 Å². The number of carboxylic acid groups (broad SMARTS) is 1. The predicted molar refractivity (Wildman–Crippen MR) is 137 cm³/mol. The number of aromatic nitrogens is 4. The molecule has 1 aliphatic carbocycles. The molecule has 1 aliphatic heterocycles. The van der Waals surface area contributed by atoms with Gasteiger partial charge in [-0.15, -0.1) is 5.10 Å². The zero-order valence-electron chi connectivity index (χ0n) is 20.8. The Kier molecular flexibility index (Phi) is 9.07. The number of nitrogens with one attached hydrogen (secondary N) is 1. The van der Waals surface area contributed by atoms with Crippen molar-refractivity contribution < 1.29 is 24.5 Å². The maximum atomic E-state index is 11.4. The third-order valence-corrected chi connectivity index (χ3v) is 6.63. The van der Waals surface area contributed by atoms with Crippen LogP contribution in [0.1, 0.15) is 79.2 Å². The molecule has 0 atom stereocenters. The molecule has 0 saturated heterocycles. The molecule has 2 aliphatic rings. The Balaban J connectivity index is 0.000000270. The second kappa shape index (κ2) is 12.8. The molecule has 1 amide bonds. The first kappa shape index (κ1) is 26.1. The summed E-state index contributed by atoms with van der Waals surface area (Å²) in [6.07, 6.45) is 10.5. The lowest BCUT2D eigenvalue weighted by atomic mass is 9.95. The summed E-state index contributed by atoms with van der Waals surface area (Å²) in [5.74, 6) is 1.06. The van der Waals surface area contributed by atoms with Crippen LogP contribution in [0, 0.1) is 0 Å². The number of aryl methyl sites for hydroxylation is 2. The predicted octanol–water partition coefficient (Wildman–Crippen LogP) is 4.56. The second-order valence-corrected chi connectivity index (χ2v) is 9.36. The molecule has 1 saturated carbocycles. The van der Waals surface area contributed by atoms with Gasteiger partial charge in [0.1, 0.15) is 11.5 Å². The van der Waals surface area contributed by atoms with Crippen LogP contribution in [0.4, 0.5) is 5.69 Å². The molecule has 3 N–H and O–H groups in total. The van der Waals surface area contributed by atoms with Gasteiger partial charge in [0, 0.05) is 18.5 Å². The third-order valence-electron chi connectivity index (χ3n) is 6.63. The minimum absolute atomic E-state index is 0.0741. The fourth-order valence-corrected chi connectivity index (χ4v) is 4.61. The van der Waals surface area contributed by atoms with E-state index in [0.29, 0.717) is 19.1 Å². The Morgan fingerprint density at radius 1 is 1.05 bits per heavy atom. The van der Waals surface area contributed by atoms with Crippen molar-refractivity contribution in [2.75, 3.05) is 11.9 Å². The Morgan fingerprint density at radius 2 is 1.84 bits per heavy atom.